The molecule has 0 aromatic heterocycles. The summed E-state index contributed by atoms with van der Waals surface area (Å²) >= 11 is -2.72. The Morgan fingerprint density at radius 1 is 0.409 bits per heavy atom. The predicted molar refractivity (Wildman–Crippen MR) is 81.2 cm³/mol. The molecule has 0 spiro atoms. The zero-order valence-corrected chi connectivity index (χ0v) is 13.4. The number of hydrogen-bond acceptors (Lipinski definition) is 3. The van der Waals surface area contributed by atoms with Crippen molar-refractivity contribution in [2.45, 2.75) is 0 Å². The third-order valence-electron chi connectivity index (χ3n) is 2.83. The van der Waals surface area contributed by atoms with E-state index in [1.807, 2.05) is 91.0 Å². The summed E-state index contributed by atoms with van der Waals surface area (Å²) in [5.74, 6) is 2.26. The van der Waals surface area contributed by atoms with Crippen LogP contribution < -0.4 is 9.96 Å². The second kappa shape index (κ2) is 7.69. The molecule has 0 saturated carbocycles. The van der Waals surface area contributed by atoms with Crippen LogP contribution >= 0.6 is 0 Å². The Bertz CT molecular complexity index is 576. The van der Waals surface area contributed by atoms with E-state index in [4.69, 9.17) is 9.96 Å². The van der Waals surface area contributed by atoms with Crippen LogP contribution in [0.1, 0.15) is 0 Å². The van der Waals surface area contributed by atoms with E-state index in [-0.39, 0.29) is 0 Å². The third kappa shape index (κ3) is 4.38. The first-order chi connectivity index (χ1) is 10.9. The molecule has 0 bridgehead atoms. The number of benzene rings is 3. The van der Waals surface area contributed by atoms with Crippen LogP contribution in [-0.2, 0) is 19.0 Å². The Hall–Kier alpha value is -2.23. The van der Waals surface area contributed by atoms with Crippen molar-refractivity contribution >= 4 is 0 Å². The first-order valence-electron chi connectivity index (χ1n) is 6.96. The Morgan fingerprint density at radius 2 is 0.682 bits per heavy atom. The molecule has 0 saturated heterocycles. The standard InChI is InChI=1S/3C6H6O.Ti/c3*7-6-4-2-1-3-5-6;/h3*1-5,7H;/q;;;+3/p-3. The van der Waals surface area contributed by atoms with E-state index in [0.717, 1.165) is 17.2 Å². The Labute approximate surface area is 137 Å². The maximum atomic E-state index is 5.94. The summed E-state index contributed by atoms with van der Waals surface area (Å²) < 4.78 is 17.8. The van der Waals surface area contributed by atoms with Gasteiger partial charge in [0.25, 0.3) is 0 Å². The predicted octanol–water partition coefficient (Wildman–Crippen LogP) is 4.59. The van der Waals surface area contributed by atoms with Gasteiger partial charge in [-0.1, -0.05) is 0 Å². The SMILES string of the molecule is c1ccc([O][Ti]([O]c2ccccc2)[O]c2ccccc2)cc1. The summed E-state index contributed by atoms with van der Waals surface area (Å²) in [5.41, 5.74) is 0. The van der Waals surface area contributed by atoms with Crippen LogP contribution in [0.3, 0.4) is 0 Å². The summed E-state index contributed by atoms with van der Waals surface area (Å²) in [4.78, 5) is 0. The summed E-state index contributed by atoms with van der Waals surface area (Å²) in [5, 5.41) is 0. The van der Waals surface area contributed by atoms with Gasteiger partial charge in [-0.2, -0.15) is 0 Å². The van der Waals surface area contributed by atoms with E-state index >= 15 is 0 Å². The van der Waals surface area contributed by atoms with E-state index in [0.29, 0.717) is 0 Å². The Kier molecular flexibility index (Phi) is 5.14. The molecule has 22 heavy (non-hydrogen) atoms. The minimum atomic E-state index is -2.72. The van der Waals surface area contributed by atoms with Crippen LogP contribution in [0, 0.1) is 0 Å². The molecule has 0 atom stereocenters. The van der Waals surface area contributed by atoms with Crippen molar-refractivity contribution in [1.82, 2.24) is 0 Å². The van der Waals surface area contributed by atoms with Gasteiger partial charge in [-0.3, -0.25) is 0 Å². The summed E-state index contributed by atoms with van der Waals surface area (Å²) in [6, 6.07) is 28.8. The number of para-hydroxylation sites is 3. The molecule has 3 nitrogen and oxygen atoms in total. The van der Waals surface area contributed by atoms with Crippen molar-refractivity contribution in [3.8, 4) is 17.2 Å². The van der Waals surface area contributed by atoms with Crippen LogP contribution in [-0.4, -0.2) is 0 Å². The maximum absolute atomic E-state index is 5.94. The number of rotatable bonds is 6. The van der Waals surface area contributed by atoms with Crippen molar-refractivity contribution in [3.63, 3.8) is 0 Å². The van der Waals surface area contributed by atoms with Crippen molar-refractivity contribution in [2.24, 2.45) is 0 Å². The topological polar surface area (TPSA) is 27.7 Å². The first kappa shape index (κ1) is 14.7. The molecule has 3 rings (SSSR count). The fourth-order valence-corrected chi connectivity index (χ4v) is 3.55. The molecule has 0 fully saturated rings. The quantitative estimate of drug-likeness (QED) is 0.620. The van der Waals surface area contributed by atoms with Gasteiger partial charge >= 0.3 is 137 Å². The molecule has 3 aromatic rings. The van der Waals surface area contributed by atoms with Gasteiger partial charge in [0.1, 0.15) is 0 Å². The van der Waals surface area contributed by atoms with Crippen molar-refractivity contribution in [2.75, 3.05) is 0 Å². The molecule has 0 aliphatic heterocycles. The molecule has 109 valence electrons. The summed E-state index contributed by atoms with van der Waals surface area (Å²) in [6.45, 7) is 0. The monoisotopic (exact) mass is 327 g/mol. The fraction of sp³-hybridized carbons (Fsp3) is 0. The molecule has 0 aliphatic carbocycles. The molecule has 0 radical (unpaired) electrons. The molecule has 0 amide bonds. The van der Waals surface area contributed by atoms with Crippen LogP contribution in [0.2, 0.25) is 0 Å². The molecular formula is C18H15O3Ti. The van der Waals surface area contributed by atoms with Gasteiger partial charge in [-0.15, -0.1) is 0 Å². The third-order valence-corrected chi connectivity index (χ3v) is 4.72. The van der Waals surface area contributed by atoms with Crippen molar-refractivity contribution in [1.29, 1.82) is 0 Å². The van der Waals surface area contributed by atoms with Crippen LogP contribution in [0.4, 0.5) is 0 Å². The van der Waals surface area contributed by atoms with E-state index in [1.165, 1.54) is 0 Å². The van der Waals surface area contributed by atoms with Crippen molar-refractivity contribution < 1.29 is 29.0 Å². The normalized spacial score (nSPS) is 9.82. The summed E-state index contributed by atoms with van der Waals surface area (Å²) in [7, 11) is 0. The first-order valence-corrected chi connectivity index (χ1v) is 8.87. The molecule has 0 unspecified atom stereocenters. The molecule has 3 aromatic carbocycles. The van der Waals surface area contributed by atoms with Gasteiger partial charge in [-0.25, -0.2) is 0 Å². The minimum absolute atomic E-state index is 0.754. The second-order valence-electron chi connectivity index (χ2n) is 4.50. The van der Waals surface area contributed by atoms with E-state index in [1.54, 1.807) is 0 Å². The van der Waals surface area contributed by atoms with Gasteiger partial charge in [0, 0.05) is 0 Å². The van der Waals surface area contributed by atoms with E-state index < -0.39 is 19.0 Å². The van der Waals surface area contributed by atoms with Crippen LogP contribution in [0.25, 0.3) is 0 Å². The van der Waals surface area contributed by atoms with E-state index in [9.17, 15) is 0 Å². The number of hydrogen-bond donors (Lipinski definition) is 0. The Balaban J connectivity index is 1.75. The fourth-order valence-electron chi connectivity index (χ4n) is 1.82. The zero-order valence-electron chi connectivity index (χ0n) is 11.9. The summed E-state index contributed by atoms with van der Waals surface area (Å²) in [6.07, 6.45) is 0. The molecule has 0 N–H and O–H groups in total. The average Bonchev–Trinajstić information content (AvgIpc) is 2.57. The van der Waals surface area contributed by atoms with Gasteiger partial charge < -0.3 is 0 Å². The average molecular weight is 327 g/mol. The van der Waals surface area contributed by atoms with Gasteiger partial charge in [0.2, 0.25) is 0 Å². The van der Waals surface area contributed by atoms with E-state index in [2.05, 4.69) is 0 Å². The molecule has 0 heterocycles. The van der Waals surface area contributed by atoms with Crippen molar-refractivity contribution in [3.05, 3.63) is 91.0 Å². The Morgan fingerprint density at radius 3 is 0.955 bits per heavy atom. The van der Waals surface area contributed by atoms with Gasteiger partial charge in [-0.05, 0) is 0 Å². The second-order valence-corrected chi connectivity index (χ2v) is 6.23. The zero-order chi connectivity index (χ0) is 15.0. The molecule has 0 aliphatic rings. The van der Waals surface area contributed by atoms with Crippen LogP contribution in [0.15, 0.2) is 91.0 Å². The van der Waals surface area contributed by atoms with Gasteiger partial charge in [0.05, 0.1) is 0 Å². The molecule has 4 heteroatoms. The van der Waals surface area contributed by atoms with Crippen LogP contribution in [0.5, 0.6) is 17.2 Å². The molecular weight excluding hydrogens is 312 g/mol. The van der Waals surface area contributed by atoms with Gasteiger partial charge in [0.15, 0.2) is 0 Å².